The van der Waals surface area contributed by atoms with Gasteiger partial charge in [-0.15, -0.1) is 0 Å². The third kappa shape index (κ3) is 4.07. The summed E-state index contributed by atoms with van der Waals surface area (Å²) in [5, 5.41) is 2.58. The number of benzene rings is 1. The van der Waals surface area contributed by atoms with Crippen LogP contribution in [-0.4, -0.2) is 42.7 Å². The average molecular weight is 435 g/mol. The molecule has 7 nitrogen and oxygen atoms in total. The van der Waals surface area contributed by atoms with Gasteiger partial charge in [0.15, 0.2) is 0 Å². The van der Waals surface area contributed by atoms with Crippen molar-refractivity contribution in [3.8, 4) is 5.75 Å². The molecular formula is C21H20F3N3O4. The molecule has 164 valence electrons. The van der Waals surface area contributed by atoms with Crippen molar-refractivity contribution in [2.45, 2.75) is 37.8 Å². The summed E-state index contributed by atoms with van der Waals surface area (Å²) < 4.78 is 50.1. The zero-order valence-corrected chi connectivity index (χ0v) is 16.8. The van der Waals surface area contributed by atoms with Gasteiger partial charge in [-0.25, -0.2) is 0 Å². The molecule has 0 unspecified atom stereocenters. The molecule has 0 spiro atoms. The summed E-state index contributed by atoms with van der Waals surface area (Å²) in [6, 6.07) is 7.28. The van der Waals surface area contributed by atoms with E-state index in [1.54, 1.807) is 31.3 Å². The van der Waals surface area contributed by atoms with E-state index in [1.165, 1.54) is 24.1 Å². The second-order valence-corrected chi connectivity index (χ2v) is 7.74. The largest absolute Gasteiger partial charge is 0.489 e. The van der Waals surface area contributed by atoms with Crippen LogP contribution in [0.2, 0.25) is 0 Å². The van der Waals surface area contributed by atoms with E-state index >= 15 is 0 Å². The van der Waals surface area contributed by atoms with Gasteiger partial charge < -0.3 is 19.7 Å². The van der Waals surface area contributed by atoms with E-state index in [4.69, 9.17) is 9.47 Å². The maximum absolute atomic E-state index is 13.0. The number of anilines is 1. The Morgan fingerprint density at radius 2 is 2.10 bits per heavy atom. The number of hydrogen-bond donors (Lipinski definition) is 1. The van der Waals surface area contributed by atoms with Crippen molar-refractivity contribution in [3.05, 3.63) is 53.3 Å². The Bertz CT molecular complexity index is 1040. The molecule has 2 aliphatic heterocycles. The van der Waals surface area contributed by atoms with E-state index in [0.29, 0.717) is 17.0 Å². The highest BCUT2D eigenvalue weighted by atomic mass is 19.4. The van der Waals surface area contributed by atoms with E-state index < -0.39 is 30.1 Å². The number of hydrogen-bond acceptors (Lipinski definition) is 5. The SMILES string of the molecule is CN1C(=O)[C@@H](NC(=O)c2cc3c(cn2)CO[C@@]3(C)CC(F)(F)F)COc2ccccc21. The standard InChI is InChI=1S/C21H20F3N3O4/c1-20(11-21(22,23)24)13-7-14(25-8-12(13)9-31-20)18(28)26-15-10-30-17-6-4-3-5-16(17)27(2)19(15)29/h3-8,15H,9-11H2,1-2H3,(H,26,28)/t15-,20-/m0/s1. The third-order valence-corrected chi connectivity index (χ3v) is 5.44. The lowest BCUT2D eigenvalue weighted by atomic mass is 9.91. The number of nitrogens with one attached hydrogen (secondary N) is 1. The monoisotopic (exact) mass is 435 g/mol. The topological polar surface area (TPSA) is 80.8 Å². The zero-order valence-electron chi connectivity index (χ0n) is 16.8. The van der Waals surface area contributed by atoms with E-state index in [9.17, 15) is 22.8 Å². The number of alkyl halides is 3. The number of nitrogens with zero attached hydrogens (tertiary/aromatic N) is 2. The van der Waals surface area contributed by atoms with Crippen molar-refractivity contribution in [1.82, 2.24) is 10.3 Å². The predicted octanol–water partition coefficient (Wildman–Crippen LogP) is 2.93. The van der Waals surface area contributed by atoms with Gasteiger partial charge in [-0.1, -0.05) is 12.1 Å². The fourth-order valence-electron chi connectivity index (χ4n) is 3.85. The number of pyridine rings is 1. The Labute approximate surface area is 176 Å². The Balaban J connectivity index is 1.54. The van der Waals surface area contributed by atoms with E-state index in [-0.39, 0.29) is 30.4 Å². The molecule has 0 aliphatic carbocycles. The number of likely N-dealkylation sites (N-methyl/N-ethyl adjacent to an activating group) is 1. The van der Waals surface area contributed by atoms with Crippen molar-refractivity contribution < 1.29 is 32.2 Å². The molecule has 0 bridgehead atoms. The number of amides is 2. The summed E-state index contributed by atoms with van der Waals surface area (Å²) >= 11 is 0. The number of rotatable bonds is 3. The van der Waals surface area contributed by atoms with Crippen molar-refractivity contribution >= 4 is 17.5 Å². The van der Waals surface area contributed by atoms with Gasteiger partial charge in [-0.3, -0.25) is 14.6 Å². The van der Waals surface area contributed by atoms with Crippen LogP contribution in [0.25, 0.3) is 0 Å². The molecule has 2 amide bonds. The maximum atomic E-state index is 13.0. The van der Waals surface area contributed by atoms with E-state index in [2.05, 4.69) is 10.3 Å². The summed E-state index contributed by atoms with van der Waals surface area (Å²) in [4.78, 5) is 31.0. The highest BCUT2D eigenvalue weighted by Crippen LogP contribution is 2.43. The number of para-hydroxylation sites is 2. The molecule has 1 aromatic heterocycles. The molecule has 31 heavy (non-hydrogen) atoms. The number of ether oxygens (including phenoxy) is 2. The zero-order chi connectivity index (χ0) is 22.4. The molecule has 0 saturated carbocycles. The van der Waals surface area contributed by atoms with Crippen LogP contribution in [0, 0.1) is 0 Å². The lowest BCUT2D eigenvalue weighted by Gasteiger charge is -2.26. The smallest absolute Gasteiger partial charge is 0.392 e. The number of halogens is 3. The van der Waals surface area contributed by atoms with Crippen LogP contribution in [0.4, 0.5) is 18.9 Å². The molecule has 0 saturated heterocycles. The molecule has 3 heterocycles. The van der Waals surface area contributed by atoms with Crippen LogP contribution in [0.1, 0.15) is 35.0 Å². The normalized spacial score (nSPS) is 22.9. The van der Waals surface area contributed by atoms with Gasteiger partial charge in [0.2, 0.25) is 0 Å². The van der Waals surface area contributed by atoms with Crippen LogP contribution in [0.15, 0.2) is 36.5 Å². The first-order valence-corrected chi connectivity index (χ1v) is 9.58. The summed E-state index contributed by atoms with van der Waals surface area (Å²) in [7, 11) is 1.57. The third-order valence-electron chi connectivity index (χ3n) is 5.44. The Kier molecular flexibility index (Phi) is 5.12. The molecule has 1 aromatic carbocycles. The van der Waals surface area contributed by atoms with Gasteiger partial charge in [0.25, 0.3) is 11.8 Å². The molecule has 0 radical (unpaired) electrons. The maximum Gasteiger partial charge on any atom is 0.392 e. The minimum Gasteiger partial charge on any atom is -0.489 e. The molecule has 1 N–H and O–H groups in total. The van der Waals surface area contributed by atoms with Gasteiger partial charge in [0.1, 0.15) is 24.1 Å². The summed E-state index contributed by atoms with van der Waals surface area (Å²) in [6.07, 6.45) is -4.29. The molecule has 0 fully saturated rings. The minimum atomic E-state index is -4.44. The molecule has 2 aromatic rings. The lowest BCUT2D eigenvalue weighted by Crippen LogP contribution is -2.49. The number of aromatic nitrogens is 1. The number of carbonyl (C=O) groups is 2. The molecule has 2 aliphatic rings. The average Bonchev–Trinajstić information content (AvgIpc) is 2.98. The van der Waals surface area contributed by atoms with Crippen LogP contribution < -0.4 is 15.0 Å². The first-order valence-electron chi connectivity index (χ1n) is 9.58. The highest BCUT2D eigenvalue weighted by Gasteiger charge is 2.45. The van der Waals surface area contributed by atoms with Gasteiger partial charge in [-0.05, 0) is 30.7 Å². The summed E-state index contributed by atoms with van der Waals surface area (Å²) in [6.45, 7) is 1.23. The summed E-state index contributed by atoms with van der Waals surface area (Å²) in [5.41, 5.74) is -0.380. The molecule has 10 heteroatoms. The van der Waals surface area contributed by atoms with Crippen molar-refractivity contribution in [2.75, 3.05) is 18.6 Å². The van der Waals surface area contributed by atoms with Gasteiger partial charge >= 0.3 is 6.18 Å². The van der Waals surface area contributed by atoms with Crippen molar-refractivity contribution in [1.29, 1.82) is 0 Å². The second kappa shape index (κ2) is 7.52. The predicted molar refractivity (Wildman–Crippen MR) is 104 cm³/mol. The molecule has 2 atom stereocenters. The quantitative estimate of drug-likeness (QED) is 0.802. The van der Waals surface area contributed by atoms with Crippen LogP contribution in [-0.2, 0) is 21.7 Å². The number of carbonyl (C=O) groups excluding carboxylic acids is 2. The van der Waals surface area contributed by atoms with Crippen LogP contribution >= 0.6 is 0 Å². The van der Waals surface area contributed by atoms with Crippen LogP contribution in [0.5, 0.6) is 5.75 Å². The van der Waals surface area contributed by atoms with Crippen LogP contribution in [0.3, 0.4) is 0 Å². The summed E-state index contributed by atoms with van der Waals surface area (Å²) in [5.74, 6) is -0.569. The fourth-order valence-corrected chi connectivity index (χ4v) is 3.85. The van der Waals surface area contributed by atoms with Crippen molar-refractivity contribution in [2.24, 2.45) is 0 Å². The minimum absolute atomic E-state index is 0.0190. The molecular weight excluding hydrogens is 415 g/mol. The van der Waals surface area contributed by atoms with Crippen molar-refractivity contribution in [3.63, 3.8) is 0 Å². The first-order chi connectivity index (χ1) is 14.6. The first kappa shape index (κ1) is 21.1. The molecule has 4 rings (SSSR count). The van der Waals surface area contributed by atoms with Gasteiger partial charge in [-0.2, -0.15) is 13.2 Å². The number of fused-ring (bicyclic) bond motifs is 2. The van der Waals surface area contributed by atoms with E-state index in [0.717, 1.165) is 0 Å². The second-order valence-electron chi connectivity index (χ2n) is 7.74. The lowest BCUT2D eigenvalue weighted by molar-refractivity contribution is -0.184. The highest BCUT2D eigenvalue weighted by molar-refractivity contribution is 6.02. The van der Waals surface area contributed by atoms with Gasteiger partial charge in [0, 0.05) is 18.8 Å². The van der Waals surface area contributed by atoms with E-state index in [1.807, 2.05) is 0 Å². The Morgan fingerprint density at radius 1 is 1.35 bits per heavy atom. The van der Waals surface area contributed by atoms with Gasteiger partial charge in [0.05, 0.1) is 24.3 Å². The Morgan fingerprint density at radius 3 is 2.84 bits per heavy atom. The fraction of sp³-hybridized carbons (Fsp3) is 0.381. The Hall–Kier alpha value is -3.14.